The smallest absolute Gasteiger partial charge is 0.348 e. The Labute approximate surface area is 132 Å². The van der Waals surface area contributed by atoms with Gasteiger partial charge < -0.3 is 5.32 Å². The van der Waals surface area contributed by atoms with E-state index in [-0.39, 0.29) is 18.0 Å². The highest BCUT2D eigenvalue weighted by Gasteiger charge is 2.31. The second-order valence-electron chi connectivity index (χ2n) is 4.95. The van der Waals surface area contributed by atoms with Gasteiger partial charge in [0.1, 0.15) is 5.92 Å². The molecule has 1 N–H and O–H groups in total. The third kappa shape index (κ3) is 3.03. The van der Waals surface area contributed by atoms with Gasteiger partial charge in [0.25, 0.3) is 5.91 Å². The Hall–Kier alpha value is -3.04. The van der Waals surface area contributed by atoms with Gasteiger partial charge in [-0.25, -0.2) is 4.99 Å². The standard InChI is InChI=1S/C14H10F3N5O2/c15-14(16,17)8-3-5-22-10(6-8)20-21-11(22)7-19-13(24)9-2-1-4-18-12(9)23/h1-6,9H,7H2,(H,19,24). The van der Waals surface area contributed by atoms with Crippen LogP contribution in [0.15, 0.2) is 35.5 Å². The minimum absolute atomic E-state index is 0.00677. The lowest BCUT2D eigenvalue weighted by molar-refractivity contribution is -0.137. The molecule has 0 saturated carbocycles. The molecule has 1 unspecified atom stereocenters. The number of halogens is 3. The molecular formula is C14H10F3N5O2. The summed E-state index contributed by atoms with van der Waals surface area (Å²) in [6.07, 6.45) is 0.876. The molecule has 0 aliphatic carbocycles. The molecule has 0 fully saturated rings. The molecule has 1 aliphatic rings. The summed E-state index contributed by atoms with van der Waals surface area (Å²) in [7, 11) is 0. The van der Waals surface area contributed by atoms with Crippen molar-refractivity contribution in [3.8, 4) is 0 Å². The first-order valence-electron chi connectivity index (χ1n) is 6.79. The van der Waals surface area contributed by atoms with E-state index in [9.17, 15) is 22.8 Å². The van der Waals surface area contributed by atoms with E-state index in [1.165, 1.54) is 29.0 Å². The number of aromatic nitrogens is 3. The van der Waals surface area contributed by atoms with Crippen molar-refractivity contribution < 1.29 is 22.8 Å². The Kier molecular flexibility index (Phi) is 3.87. The van der Waals surface area contributed by atoms with Gasteiger partial charge in [-0.3, -0.25) is 14.0 Å². The molecule has 2 amide bonds. The average Bonchev–Trinajstić information content (AvgIpc) is 2.94. The van der Waals surface area contributed by atoms with Gasteiger partial charge in [0.2, 0.25) is 5.91 Å². The van der Waals surface area contributed by atoms with Gasteiger partial charge in [-0.15, -0.1) is 10.2 Å². The fourth-order valence-electron chi connectivity index (χ4n) is 2.15. The topological polar surface area (TPSA) is 88.7 Å². The molecule has 0 radical (unpaired) electrons. The number of carbonyl (C=O) groups is 2. The number of carbonyl (C=O) groups excluding carboxylic acids is 2. The van der Waals surface area contributed by atoms with Crippen molar-refractivity contribution in [1.29, 1.82) is 0 Å². The van der Waals surface area contributed by atoms with Gasteiger partial charge >= 0.3 is 6.18 Å². The molecule has 1 aliphatic heterocycles. The molecule has 10 heteroatoms. The first kappa shape index (κ1) is 15.8. The highest BCUT2D eigenvalue weighted by Crippen LogP contribution is 2.29. The van der Waals surface area contributed by atoms with Crippen LogP contribution in [0.25, 0.3) is 5.65 Å². The maximum Gasteiger partial charge on any atom is 0.416 e. The van der Waals surface area contributed by atoms with Crippen molar-refractivity contribution in [2.45, 2.75) is 12.7 Å². The number of rotatable bonds is 3. The van der Waals surface area contributed by atoms with Crippen LogP contribution < -0.4 is 5.32 Å². The quantitative estimate of drug-likeness (QED) is 0.851. The fourth-order valence-corrected chi connectivity index (χ4v) is 2.15. The molecule has 1 atom stereocenters. The zero-order valence-electron chi connectivity index (χ0n) is 12.0. The molecule has 3 heterocycles. The summed E-state index contributed by atoms with van der Waals surface area (Å²) >= 11 is 0. The Balaban J connectivity index is 1.74. The zero-order chi connectivity index (χ0) is 17.3. The molecule has 3 rings (SSSR count). The van der Waals surface area contributed by atoms with Crippen molar-refractivity contribution in [2.24, 2.45) is 10.9 Å². The number of allylic oxidation sites excluding steroid dienone is 1. The third-order valence-electron chi connectivity index (χ3n) is 3.37. The van der Waals surface area contributed by atoms with Crippen LogP contribution in [0.5, 0.6) is 0 Å². The van der Waals surface area contributed by atoms with E-state index in [0.717, 1.165) is 12.1 Å². The summed E-state index contributed by atoms with van der Waals surface area (Å²) in [5.74, 6) is -1.94. The molecule has 124 valence electrons. The molecule has 7 nitrogen and oxygen atoms in total. The van der Waals surface area contributed by atoms with E-state index in [1.54, 1.807) is 0 Å². The minimum Gasteiger partial charge on any atom is -0.348 e. The Bertz CT molecular complexity index is 869. The molecule has 0 saturated heterocycles. The summed E-state index contributed by atoms with van der Waals surface area (Å²) in [6, 6.07) is 1.75. The van der Waals surface area contributed by atoms with Crippen LogP contribution in [0, 0.1) is 5.92 Å². The van der Waals surface area contributed by atoms with Crippen molar-refractivity contribution in [3.05, 3.63) is 41.9 Å². The Morgan fingerprint density at radius 3 is 2.83 bits per heavy atom. The van der Waals surface area contributed by atoms with Gasteiger partial charge in [-0.05, 0) is 18.2 Å². The van der Waals surface area contributed by atoms with E-state index in [2.05, 4.69) is 20.5 Å². The van der Waals surface area contributed by atoms with Crippen LogP contribution in [0.2, 0.25) is 0 Å². The number of pyridine rings is 1. The summed E-state index contributed by atoms with van der Waals surface area (Å²) in [5.41, 5.74) is -0.832. The first-order chi connectivity index (χ1) is 11.4. The Morgan fingerprint density at radius 2 is 2.12 bits per heavy atom. The van der Waals surface area contributed by atoms with Gasteiger partial charge in [-0.1, -0.05) is 6.08 Å². The first-order valence-corrected chi connectivity index (χ1v) is 6.79. The highest BCUT2D eigenvalue weighted by atomic mass is 19.4. The summed E-state index contributed by atoms with van der Waals surface area (Å²) < 4.78 is 39.3. The molecule has 0 spiro atoms. The van der Waals surface area contributed by atoms with Crippen molar-refractivity contribution in [3.63, 3.8) is 0 Å². The molecule has 2 aromatic rings. The molecule has 24 heavy (non-hydrogen) atoms. The minimum atomic E-state index is -4.48. The van der Waals surface area contributed by atoms with E-state index in [4.69, 9.17) is 0 Å². The van der Waals surface area contributed by atoms with Crippen LogP contribution in [0.4, 0.5) is 13.2 Å². The van der Waals surface area contributed by atoms with Crippen molar-refractivity contribution >= 4 is 23.7 Å². The number of nitrogens with one attached hydrogen (secondary N) is 1. The normalized spacial score (nSPS) is 17.5. The van der Waals surface area contributed by atoms with E-state index >= 15 is 0 Å². The zero-order valence-corrected chi connectivity index (χ0v) is 12.0. The lowest BCUT2D eigenvalue weighted by Gasteiger charge is -2.11. The summed E-state index contributed by atoms with van der Waals surface area (Å²) in [4.78, 5) is 27.0. The highest BCUT2D eigenvalue weighted by molar-refractivity contribution is 6.07. The predicted octanol–water partition coefficient (Wildman–Crippen LogP) is 1.15. The van der Waals surface area contributed by atoms with Crippen LogP contribution in [0.1, 0.15) is 11.4 Å². The summed E-state index contributed by atoms with van der Waals surface area (Å²) in [6.45, 7) is -0.0906. The van der Waals surface area contributed by atoms with Gasteiger partial charge in [0, 0.05) is 12.4 Å². The second kappa shape index (κ2) is 5.87. The fraction of sp³-hybridized carbons (Fsp3) is 0.214. The van der Waals surface area contributed by atoms with Crippen molar-refractivity contribution in [2.75, 3.05) is 0 Å². The van der Waals surface area contributed by atoms with Crippen LogP contribution in [-0.4, -0.2) is 32.6 Å². The molecule has 0 aromatic carbocycles. The SMILES string of the molecule is O=C1N=CC=CC1C(=O)NCc1nnc2cc(C(F)(F)F)ccn12. The molecule has 0 bridgehead atoms. The maximum atomic E-state index is 12.7. The molecule has 2 aromatic heterocycles. The van der Waals surface area contributed by atoms with Gasteiger partial charge in [0.15, 0.2) is 11.5 Å². The van der Waals surface area contributed by atoms with Crippen molar-refractivity contribution in [1.82, 2.24) is 19.9 Å². The van der Waals surface area contributed by atoms with E-state index < -0.39 is 29.5 Å². The Morgan fingerprint density at radius 1 is 1.33 bits per heavy atom. The number of amides is 2. The maximum absolute atomic E-state index is 12.7. The lowest BCUT2D eigenvalue weighted by atomic mass is 10.1. The summed E-state index contributed by atoms with van der Waals surface area (Å²) in [5, 5.41) is 9.90. The number of aliphatic imine (C=N–C) groups is 1. The van der Waals surface area contributed by atoms with E-state index in [1.807, 2.05) is 0 Å². The number of fused-ring (bicyclic) bond motifs is 1. The third-order valence-corrected chi connectivity index (χ3v) is 3.37. The predicted molar refractivity (Wildman–Crippen MR) is 76.0 cm³/mol. The largest absolute Gasteiger partial charge is 0.416 e. The monoisotopic (exact) mass is 337 g/mol. The van der Waals surface area contributed by atoms with Crippen LogP contribution in [-0.2, 0) is 22.3 Å². The average molecular weight is 337 g/mol. The second-order valence-corrected chi connectivity index (χ2v) is 4.95. The number of dihydropyridines is 1. The van der Waals surface area contributed by atoms with Gasteiger partial charge in [-0.2, -0.15) is 13.2 Å². The van der Waals surface area contributed by atoms with Crippen LogP contribution in [0.3, 0.4) is 0 Å². The number of hydrogen-bond donors (Lipinski definition) is 1. The van der Waals surface area contributed by atoms with Crippen LogP contribution >= 0.6 is 0 Å². The number of alkyl halides is 3. The number of hydrogen-bond acceptors (Lipinski definition) is 4. The molecular weight excluding hydrogens is 327 g/mol. The van der Waals surface area contributed by atoms with E-state index in [0.29, 0.717) is 0 Å². The van der Waals surface area contributed by atoms with Gasteiger partial charge in [0.05, 0.1) is 12.1 Å². The lowest BCUT2D eigenvalue weighted by Crippen LogP contribution is -2.34. The number of nitrogens with zero attached hydrogens (tertiary/aromatic N) is 4.